The highest BCUT2D eigenvalue weighted by atomic mass is 15.2. The van der Waals surface area contributed by atoms with Crippen LogP contribution in [-0.4, -0.2) is 56.1 Å². The maximum Gasteiger partial charge on any atom is 0.0229 e. The normalized spacial score (nSPS) is 29.0. The van der Waals surface area contributed by atoms with Gasteiger partial charge in [0.1, 0.15) is 0 Å². The summed E-state index contributed by atoms with van der Waals surface area (Å²) in [4.78, 5) is 4.97. The fraction of sp³-hybridized carbons (Fsp3) is 0.733. The van der Waals surface area contributed by atoms with Gasteiger partial charge >= 0.3 is 0 Å². The summed E-state index contributed by atoms with van der Waals surface area (Å²) in [6.07, 6.45) is 10.6. The van der Waals surface area contributed by atoms with E-state index in [1.807, 2.05) is 0 Å². The number of rotatable bonds is 5. The summed E-state index contributed by atoms with van der Waals surface area (Å²) in [7, 11) is 4.38. The van der Waals surface area contributed by atoms with Crippen molar-refractivity contribution in [3.8, 4) is 0 Å². The molecule has 2 N–H and O–H groups in total. The zero-order valence-electron chi connectivity index (χ0n) is 11.8. The van der Waals surface area contributed by atoms with Crippen molar-refractivity contribution in [2.45, 2.75) is 25.3 Å². The van der Waals surface area contributed by atoms with Gasteiger partial charge in [-0.3, -0.25) is 0 Å². The summed E-state index contributed by atoms with van der Waals surface area (Å²) in [5.74, 6) is 0.701. The van der Waals surface area contributed by atoms with Gasteiger partial charge in [0, 0.05) is 19.1 Å². The third kappa shape index (κ3) is 3.67. The van der Waals surface area contributed by atoms with E-state index in [1.165, 1.54) is 38.0 Å². The molecule has 0 aromatic carbocycles. The number of likely N-dealkylation sites (tertiary alicyclic amines) is 1. The van der Waals surface area contributed by atoms with Crippen LogP contribution in [0.2, 0.25) is 0 Å². The molecule has 2 rings (SSSR count). The van der Waals surface area contributed by atoms with Crippen LogP contribution < -0.4 is 5.73 Å². The fourth-order valence-electron chi connectivity index (χ4n) is 2.93. The van der Waals surface area contributed by atoms with Crippen molar-refractivity contribution in [3.05, 3.63) is 23.8 Å². The summed E-state index contributed by atoms with van der Waals surface area (Å²) in [5.41, 5.74) is 7.00. The molecule has 3 nitrogen and oxygen atoms in total. The van der Waals surface area contributed by atoms with Crippen LogP contribution in [0.5, 0.6) is 0 Å². The molecule has 2 unspecified atom stereocenters. The number of likely N-dealkylation sites (N-methyl/N-ethyl adjacent to an activating group) is 1. The minimum Gasteiger partial charge on any atom is -0.330 e. The van der Waals surface area contributed by atoms with Gasteiger partial charge in [-0.1, -0.05) is 23.8 Å². The molecule has 1 aliphatic heterocycles. The van der Waals surface area contributed by atoms with Gasteiger partial charge in [0.2, 0.25) is 0 Å². The Balaban J connectivity index is 1.75. The maximum absolute atomic E-state index is 5.58. The van der Waals surface area contributed by atoms with Crippen molar-refractivity contribution in [1.82, 2.24) is 9.80 Å². The second kappa shape index (κ2) is 6.50. The van der Waals surface area contributed by atoms with Crippen molar-refractivity contribution < 1.29 is 0 Å². The highest BCUT2D eigenvalue weighted by molar-refractivity contribution is 5.24. The van der Waals surface area contributed by atoms with E-state index in [0.29, 0.717) is 5.92 Å². The molecule has 0 saturated carbocycles. The van der Waals surface area contributed by atoms with E-state index < -0.39 is 0 Å². The molecule has 1 fully saturated rings. The zero-order chi connectivity index (χ0) is 13.0. The first kappa shape index (κ1) is 13.8. The van der Waals surface area contributed by atoms with Gasteiger partial charge in [0.25, 0.3) is 0 Å². The summed E-state index contributed by atoms with van der Waals surface area (Å²) < 4.78 is 0. The van der Waals surface area contributed by atoms with Crippen LogP contribution in [0.1, 0.15) is 19.3 Å². The lowest BCUT2D eigenvalue weighted by Gasteiger charge is -2.24. The zero-order valence-corrected chi connectivity index (χ0v) is 11.8. The second-order valence-corrected chi connectivity index (χ2v) is 5.84. The van der Waals surface area contributed by atoms with Crippen molar-refractivity contribution in [1.29, 1.82) is 0 Å². The minimum atomic E-state index is 0.701. The molecule has 2 aliphatic rings. The first-order valence-corrected chi connectivity index (χ1v) is 7.15. The summed E-state index contributed by atoms with van der Waals surface area (Å²) >= 11 is 0. The van der Waals surface area contributed by atoms with Crippen LogP contribution in [0.4, 0.5) is 0 Å². The summed E-state index contributed by atoms with van der Waals surface area (Å²) in [6, 6.07) is 0.751. The van der Waals surface area contributed by atoms with Crippen LogP contribution >= 0.6 is 0 Å². The fourth-order valence-corrected chi connectivity index (χ4v) is 2.93. The number of hydrogen-bond donors (Lipinski definition) is 1. The van der Waals surface area contributed by atoms with Crippen LogP contribution in [-0.2, 0) is 0 Å². The molecule has 0 bridgehead atoms. The van der Waals surface area contributed by atoms with Crippen LogP contribution in [0.25, 0.3) is 0 Å². The lowest BCUT2D eigenvalue weighted by molar-refractivity contribution is 0.254. The van der Waals surface area contributed by atoms with Gasteiger partial charge in [-0.2, -0.15) is 0 Å². The predicted octanol–water partition coefficient (Wildman–Crippen LogP) is 1.47. The average molecular weight is 249 g/mol. The van der Waals surface area contributed by atoms with Gasteiger partial charge in [0.05, 0.1) is 0 Å². The summed E-state index contributed by atoms with van der Waals surface area (Å²) in [5, 5.41) is 0. The van der Waals surface area contributed by atoms with E-state index in [9.17, 15) is 0 Å². The van der Waals surface area contributed by atoms with Gasteiger partial charge in [-0.05, 0) is 52.4 Å². The van der Waals surface area contributed by atoms with E-state index in [0.717, 1.165) is 19.0 Å². The van der Waals surface area contributed by atoms with Crippen molar-refractivity contribution >= 4 is 0 Å². The Morgan fingerprint density at radius 2 is 2.28 bits per heavy atom. The van der Waals surface area contributed by atoms with Crippen molar-refractivity contribution in [3.63, 3.8) is 0 Å². The summed E-state index contributed by atoms with van der Waals surface area (Å²) in [6.45, 7) is 4.47. The average Bonchev–Trinajstić information content (AvgIpc) is 2.81. The molecule has 3 heteroatoms. The minimum absolute atomic E-state index is 0.701. The molecule has 2 atom stereocenters. The molecule has 0 spiro atoms. The van der Waals surface area contributed by atoms with Crippen molar-refractivity contribution in [2.75, 3.05) is 40.3 Å². The quantitative estimate of drug-likeness (QED) is 0.801. The number of allylic oxidation sites excluding steroid dienone is 2. The Bertz CT molecular complexity index is 320. The van der Waals surface area contributed by atoms with Gasteiger partial charge in [0.15, 0.2) is 0 Å². The van der Waals surface area contributed by atoms with Gasteiger partial charge in [-0.25, -0.2) is 0 Å². The monoisotopic (exact) mass is 249 g/mol. The van der Waals surface area contributed by atoms with Crippen molar-refractivity contribution in [2.24, 2.45) is 11.7 Å². The standard InChI is InChI=1S/C15H27N3/c1-17(2)15-8-10-18(12-15)11-14-5-3-13(4-6-14)7-9-16/h3-5,14-15H,6-12,16H2,1-2H3. The molecule has 0 radical (unpaired) electrons. The van der Waals surface area contributed by atoms with Gasteiger partial charge in [-0.15, -0.1) is 0 Å². The van der Waals surface area contributed by atoms with E-state index in [4.69, 9.17) is 5.73 Å². The molecule has 102 valence electrons. The van der Waals surface area contributed by atoms with E-state index in [-0.39, 0.29) is 0 Å². The lowest BCUT2D eigenvalue weighted by atomic mass is 9.95. The largest absolute Gasteiger partial charge is 0.330 e. The Morgan fingerprint density at radius 3 is 2.83 bits per heavy atom. The SMILES string of the molecule is CN(C)C1CCN(CC2C=CC(CCN)=CC2)C1. The highest BCUT2D eigenvalue weighted by Crippen LogP contribution is 2.21. The van der Waals surface area contributed by atoms with Crippen LogP contribution in [0.15, 0.2) is 23.8 Å². The molecule has 0 aromatic heterocycles. The first-order chi connectivity index (χ1) is 8.69. The molecular formula is C15H27N3. The Hall–Kier alpha value is -0.640. The Morgan fingerprint density at radius 1 is 1.44 bits per heavy atom. The molecule has 1 heterocycles. The second-order valence-electron chi connectivity index (χ2n) is 5.84. The number of hydrogen-bond acceptors (Lipinski definition) is 3. The third-order valence-corrected chi connectivity index (χ3v) is 4.17. The Labute approximate surface area is 111 Å². The molecule has 0 aromatic rings. The third-order valence-electron chi connectivity index (χ3n) is 4.17. The Kier molecular flexibility index (Phi) is 4.98. The highest BCUT2D eigenvalue weighted by Gasteiger charge is 2.25. The molecule has 1 aliphatic carbocycles. The maximum atomic E-state index is 5.58. The molecular weight excluding hydrogens is 222 g/mol. The van der Waals surface area contributed by atoms with Gasteiger partial charge < -0.3 is 15.5 Å². The van der Waals surface area contributed by atoms with Crippen LogP contribution in [0, 0.1) is 5.92 Å². The first-order valence-electron chi connectivity index (χ1n) is 7.15. The van der Waals surface area contributed by atoms with E-state index in [1.54, 1.807) is 0 Å². The molecule has 18 heavy (non-hydrogen) atoms. The molecule has 1 saturated heterocycles. The smallest absolute Gasteiger partial charge is 0.0229 e. The number of nitrogens with zero attached hydrogens (tertiary/aromatic N) is 2. The lowest BCUT2D eigenvalue weighted by Crippen LogP contribution is -2.33. The topological polar surface area (TPSA) is 32.5 Å². The predicted molar refractivity (Wildman–Crippen MR) is 77.5 cm³/mol. The van der Waals surface area contributed by atoms with E-state index >= 15 is 0 Å². The van der Waals surface area contributed by atoms with Crippen LogP contribution in [0.3, 0.4) is 0 Å². The van der Waals surface area contributed by atoms with E-state index in [2.05, 4.69) is 42.1 Å². The number of nitrogens with two attached hydrogens (primary N) is 1. The molecule has 0 amide bonds.